The van der Waals surface area contributed by atoms with E-state index in [9.17, 15) is 9.59 Å². The number of hydrogen-bond donors (Lipinski definition) is 2. The minimum Gasteiger partial charge on any atom is -0.491 e. The topological polar surface area (TPSA) is 75.6 Å². The lowest BCUT2D eigenvalue weighted by molar-refractivity contribution is -0.137. The van der Waals surface area contributed by atoms with Gasteiger partial charge in [-0.3, -0.25) is 9.59 Å². The molecule has 2 aliphatic carbocycles. The van der Waals surface area contributed by atoms with Gasteiger partial charge in [-0.1, -0.05) is 63.2 Å². The lowest BCUT2D eigenvalue weighted by Gasteiger charge is -2.37. The van der Waals surface area contributed by atoms with E-state index in [1.54, 1.807) is 6.07 Å². The number of hydrogen-bond acceptors (Lipinski definition) is 3. The highest BCUT2D eigenvalue weighted by molar-refractivity contribution is 6.05. The first-order chi connectivity index (χ1) is 19.1. The van der Waals surface area contributed by atoms with Crippen molar-refractivity contribution in [2.75, 3.05) is 11.9 Å². The van der Waals surface area contributed by atoms with E-state index in [2.05, 4.69) is 62.5 Å². The molecule has 0 aromatic heterocycles. The van der Waals surface area contributed by atoms with Gasteiger partial charge < -0.3 is 15.2 Å². The zero-order chi connectivity index (χ0) is 28.3. The average molecular weight is 540 g/mol. The van der Waals surface area contributed by atoms with Crippen molar-refractivity contribution < 1.29 is 19.4 Å². The molecule has 0 saturated heterocycles. The first kappa shape index (κ1) is 27.9. The zero-order valence-corrected chi connectivity index (χ0v) is 24.0. The smallest absolute Gasteiger partial charge is 0.303 e. The molecule has 5 nitrogen and oxygen atoms in total. The molecule has 0 unspecified atom stereocenters. The molecule has 1 amide bonds. The molecule has 1 fully saturated rings. The number of aliphatic carboxylic acids is 1. The minimum absolute atomic E-state index is 0.0519. The van der Waals surface area contributed by atoms with Crippen LogP contribution < -0.4 is 10.1 Å². The number of nitrogens with one attached hydrogen (secondary N) is 1. The summed E-state index contributed by atoms with van der Waals surface area (Å²) >= 11 is 0. The van der Waals surface area contributed by atoms with Crippen LogP contribution in [0.15, 0.2) is 66.7 Å². The summed E-state index contributed by atoms with van der Waals surface area (Å²) in [6, 6.07) is 22.7. The summed E-state index contributed by atoms with van der Waals surface area (Å²) in [4.78, 5) is 24.0. The molecule has 1 saturated carbocycles. The third-order valence-corrected chi connectivity index (χ3v) is 8.82. The summed E-state index contributed by atoms with van der Waals surface area (Å²) in [5.74, 6) is 0.178. The number of anilines is 1. The van der Waals surface area contributed by atoms with E-state index < -0.39 is 5.97 Å². The minimum atomic E-state index is -0.845. The van der Waals surface area contributed by atoms with E-state index in [1.165, 1.54) is 47.9 Å². The van der Waals surface area contributed by atoms with Gasteiger partial charge >= 0.3 is 5.97 Å². The van der Waals surface area contributed by atoms with Gasteiger partial charge in [0.05, 0.1) is 12.3 Å². The SMILES string of the molecule is CC(C)(C)c1ccc(C2CCC3(CC2)Cc2ccc(C(=O)Nc4ccccc4OCCCC(=O)O)cc2C3)cc1. The van der Waals surface area contributed by atoms with Crippen molar-refractivity contribution in [2.45, 2.75) is 83.5 Å². The maximum absolute atomic E-state index is 13.2. The fourth-order valence-corrected chi connectivity index (χ4v) is 6.44. The Bertz CT molecular complexity index is 1360. The van der Waals surface area contributed by atoms with Crippen molar-refractivity contribution in [1.29, 1.82) is 0 Å². The monoisotopic (exact) mass is 539 g/mol. The van der Waals surface area contributed by atoms with Crippen LogP contribution in [0.25, 0.3) is 0 Å². The zero-order valence-electron chi connectivity index (χ0n) is 24.0. The summed E-state index contributed by atoms with van der Waals surface area (Å²) in [6.07, 6.45) is 7.50. The normalized spacial score (nSPS) is 20.2. The van der Waals surface area contributed by atoms with Gasteiger partial charge in [0.25, 0.3) is 5.91 Å². The molecule has 210 valence electrons. The van der Waals surface area contributed by atoms with Gasteiger partial charge in [-0.2, -0.15) is 0 Å². The van der Waals surface area contributed by atoms with E-state index in [1.807, 2.05) is 24.3 Å². The number of amides is 1. The first-order valence-corrected chi connectivity index (χ1v) is 14.6. The Balaban J connectivity index is 1.19. The van der Waals surface area contributed by atoms with Gasteiger partial charge in [-0.05, 0) is 108 Å². The quantitative estimate of drug-likeness (QED) is 0.285. The number of ether oxygens (including phenoxy) is 1. The van der Waals surface area contributed by atoms with Crippen molar-refractivity contribution in [3.05, 3.63) is 94.5 Å². The van der Waals surface area contributed by atoms with E-state index in [4.69, 9.17) is 9.84 Å². The number of para-hydroxylation sites is 2. The molecule has 5 heteroatoms. The van der Waals surface area contributed by atoms with Gasteiger partial charge in [-0.15, -0.1) is 0 Å². The third kappa shape index (κ3) is 6.41. The van der Waals surface area contributed by atoms with Crippen molar-refractivity contribution in [1.82, 2.24) is 0 Å². The molecule has 2 aliphatic rings. The number of carboxylic acids is 1. The third-order valence-electron chi connectivity index (χ3n) is 8.82. The lowest BCUT2D eigenvalue weighted by Crippen LogP contribution is -2.27. The highest BCUT2D eigenvalue weighted by Gasteiger charge is 2.40. The largest absolute Gasteiger partial charge is 0.491 e. The van der Waals surface area contributed by atoms with Crippen LogP contribution in [0.1, 0.15) is 97.8 Å². The summed E-state index contributed by atoms with van der Waals surface area (Å²) in [5, 5.41) is 11.8. The molecule has 3 aromatic rings. The van der Waals surface area contributed by atoms with Gasteiger partial charge in [-0.25, -0.2) is 0 Å². The van der Waals surface area contributed by atoms with Crippen LogP contribution in [0.4, 0.5) is 5.69 Å². The van der Waals surface area contributed by atoms with E-state index in [0.29, 0.717) is 34.8 Å². The highest BCUT2D eigenvalue weighted by Crippen LogP contribution is 2.51. The number of carboxylic acid groups (broad SMARTS) is 1. The Morgan fingerprint density at radius 2 is 1.65 bits per heavy atom. The number of fused-ring (bicyclic) bond motifs is 1. The summed E-state index contributed by atoms with van der Waals surface area (Å²) in [7, 11) is 0. The standard InChI is InChI=1S/C35H41NO4/c1-34(2,3)29-14-12-24(13-15-29)25-16-18-35(19-17-25)22-27-11-10-26(21-28(27)23-35)33(39)36-30-7-4-5-8-31(30)40-20-6-9-32(37)38/h4-5,7-8,10-15,21,25H,6,9,16-20,22-23H2,1-3H3,(H,36,39)(H,37,38). The van der Waals surface area contributed by atoms with Crippen LogP contribution in [-0.2, 0) is 23.1 Å². The van der Waals surface area contributed by atoms with Crippen LogP contribution in [0.5, 0.6) is 5.75 Å². The Morgan fingerprint density at radius 1 is 0.950 bits per heavy atom. The van der Waals surface area contributed by atoms with Crippen LogP contribution in [0, 0.1) is 5.41 Å². The Hall–Kier alpha value is -3.60. The van der Waals surface area contributed by atoms with Crippen LogP contribution in [-0.4, -0.2) is 23.6 Å². The fraction of sp³-hybridized carbons (Fsp3) is 0.429. The molecule has 40 heavy (non-hydrogen) atoms. The van der Waals surface area contributed by atoms with Crippen molar-refractivity contribution in [2.24, 2.45) is 5.41 Å². The highest BCUT2D eigenvalue weighted by atomic mass is 16.5. The molecule has 5 rings (SSSR count). The summed E-state index contributed by atoms with van der Waals surface area (Å²) in [5.41, 5.74) is 7.30. The second kappa shape index (κ2) is 11.5. The van der Waals surface area contributed by atoms with Crippen molar-refractivity contribution >= 4 is 17.6 Å². The molecule has 0 atom stereocenters. The average Bonchev–Trinajstić information content (AvgIpc) is 3.28. The van der Waals surface area contributed by atoms with Gasteiger partial charge in [0, 0.05) is 12.0 Å². The molecule has 3 aromatic carbocycles. The molecular formula is C35H41NO4. The van der Waals surface area contributed by atoms with E-state index in [0.717, 1.165) is 12.8 Å². The van der Waals surface area contributed by atoms with Gasteiger partial charge in [0.1, 0.15) is 5.75 Å². The van der Waals surface area contributed by atoms with Crippen LogP contribution in [0.3, 0.4) is 0 Å². The van der Waals surface area contributed by atoms with Crippen molar-refractivity contribution in [3.8, 4) is 5.75 Å². The number of carbonyl (C=O) groups excluding carboxylic acids is 1. The summed E-state index contributed by atoms with van der Waals surface area (Å²) in [6.45, 7) is 7.07. The predicted octanol–water partition coefficient (Wildman–Crippen LogP) is 7.92. The Labute approximate surface area is 238 Å². The van der Waals surface area contributed by atoms with Gasteiger partial charge in [0.2, 0.25) is 0 Å². The molecule has 0 bridgehead atoms. The Morgan fingerprint density at radius 3 is 2.35 bits per heavy atom. The lowest BCUT2D eigenvalue weighted by atomic mass is 9.67. The second-order valence-corrected chi connectivity index (χ2v) is 12.8. The molecule has 0 radical (unpaired) electrons. The predicted molar refractivity (Wildman–Crippen MR) is 159 cm³/mol. The van der Waals surface area contributed by atoms with Gasteiger partial charge in [0.15, 0.2) is 0 Å². The molecular weight excluding hydrogens is 498 g/mol. The molecule has 0 heterocycles. The maximum Gasteiger partial charge on any atom is 0.303 e. The molecule has 1 spiro atoms. The first-order valence-electron chi connectivity index (χ1n) is 14.6. The molecule has 0 aliphatic heterocycles. The fourth-order valence-electron chi connectivity index (χ4n) is 6.44. The Kier molecular flexibility index (Phi) is 8.02. The second-order valence-electron chi connectivity index (χ2n) is 12.8. The van der Waals surface area contributed by atoms with E-state index in [-0.39, 0.29) is 24.3 Å². The number of rotatable bonds is 8. The van der Waals surface area contributed by atoms with Crippen LogP contribution >= 0.6 is 0 Å². The number of carbonyl (C=O) groups is 2. The van der Waals surface area contributed by atoms with E-state index >= 15 is 0 Å². The summed E-state index contributed by atoms with van der Waals surface area (Å²) < 4.78 is 5.76. The molecule has 2 N–H and O–H groups in total. The van der Waals surface area contributed by atoms with Crippen LogP contribution in [0.2, 0.25) is 0 Å². The van der Waals surface area contributed by atoms with Crippen molar-refractivity contribution in [3.63, 3.8) is 0 Å². The number of benzene rings is 3. The maximum atomic E-state index is 13.2.